The number of nitrogens with one attached hydrogen (secondary N) is 2. The molecule has 24 heavy (non-hydrogen) atoms. The predicted octanol–water partition coefficient (Wildman–Crippen LogP) is 5.05. The molecule has 2 N–H and O–H groups in total. The van der Waals surface area contributed by atoms with E-state index in [0.717, 1.165) is 24.2 Å². The monoisotopic (exact) mass is 314 g/mol. The average Bonchev–Trinajstić information content (AvgIpc) is 2.65. The van der Waals surface area contributed by atoms with Gasteiger partial charge in [0.15, 0.2) is 0 Å². The number of rotatable bonds is 2. The fraction of sp³-hybridized carbons (Fsp3) is 0.182. The Morgan fingerprint density at radius 2 is 0.917 bits per heavy atom. The lowest BCUT2D eigenvalue weighted by atomic mass is 9.91. The Labute approximate surface area is 143 Å². The summed E-state index contributed by atoms with van der Waals surface area (Å²) in [6.45, 7) is 4.46. The van der Waals surface area contributed by atoms with Gasteiger partial charge in [0.25, 0.3) is 0 Å². The smallest absolute Gasteiger partial charge is 0.0703 e. The van der Waals surface area contributed by atoms with Crippen LogP contribution in [0.15, 0.2) is 83.2 Å². The van der Waals surface area contributed by atoms with Crippen molar-refractivity contribution in [2.45, 2.75) is 26.7 Å². The largest absolute Gasteiger partial charge is 0.352 e. The molecule has 0 aromatic heterocycles. The lowest BCUT2D eigenvalue weighted by Crippen LogP contribution is -2.33. The molecule has 0 radical (unpaired) electrons. The van der Waals surface area contributed by atoms with Crippen LogP contribution in [-0.4, -0.2) is 0 Å². The summed E-state index contributed by atoms with van der Waals surface area (Å²) in [5.41, 5.74) is 10.0. The molecule has 0 saturated heterocycles. The highest BCUT2D eigenvalue weighted by Crippen LogP contribution is 2.36. The summed E-state index contributed by atoms with van der Waals surface area (Å²) < 4.78 is 0. The molecule has 0 amide bonds. The third-order valence-corrected chi connectivity index (χ3v) is 4.85. The SMILES string of the molecule is CC1=C2NC(c3ccccc3)=C(c3ccccc3)NC2=C(C)CC1. The lowest BCUT2D eigenvalue weighted by Gasteiger charge is -2.34. The van der Waals surface area contributed by atoms with E-state index >= 15 is 0 Å². The molecule has 2 aromatic rings. The Hall–Kier alpha value is -2.74. The second-order valence-corrected chi connectivity index (χ2v) is 6.54. The highest BCUT2D eigenvalue weighted by molar-refractivity contribution is 5.92. The molecule has 0 fully saturated rings. The number of fused-ring (bicyclic) bond motifs is 1. The van der Waals surface area contributed by atoms with Crippen molar-refractivity contribution < 1.29 is 0 Å². The van der Waals surface area contributed by atoms with Gasteiger partial charge in [-0.15, -0.1) is 0 Å². The molecule has 0 saturated carbocycles. The standard InChI is InChI=1S/C22H22N2/c1-15-13-14-16(2)20-19(15)23-21(17-9-5-3-6-10-17)22(24-20)18-11-7-4-8-12-18/h3-12,23-24H,13-14H2,1-2H3. The zero-order valence-electron chi connectivity index (χ0n) is 14.2. The zero-order chi connectivity index (χ0) is 16.5. The third kappa shape index (κ3) is 2.54. The topological polar surface area (TPSA) is 24.1 Å². The van der Waals surface area contributed by atoms with Crippen molar-refractivity contribution in [3.8, 4) is 0 Å². The fourth-order valence-corrected chi connectivity index (χ4v) is 3.41. The van der Waals surface area contributed by atoms with Crippen LogP contribution in [0.4, 0.5) is 0 Å². The van der Waals surface area contributed by atoms with Crippen molar-refractivity contribution in [2.24, 2.45) is 0 Å². The van der Waals surface area contributed by atoms with Crippen molar-refractivity contribution in [3.05, 3.63) is 94.3 Å². The Balaban J connectivity index is 1.93. The van der Waals surface area contributed by atoms with Gasteiger partial charge >= 0.3 is 0 Å². The van der Waals surface area contributed by atoms with Crippen molar-refractivity contribution in [1.29, 1.82) is 0 Å². The molecule has 1 heterocycles. The maximum atomic E-state index is 3.74. The molecule has 2 heteroatoms. The molecular weight excluding hydrogens is 292 g/mol. The summed E-state index contributed by atoms with van der Waals surface area (Å²) >= 11 is 0. The first-order chi connectivity index (χ1) is 11.7. The molecule has 120 valence electrons. The summed E-state index contributed by atoms with van der Waals surface area (Å²) in [6, 6.07) is 21.1. The average molecular weight is 314 g/mol. The van der Waals surface area contributed by atoms with Crippen LogP contribution >= 0.6 is 0 Å². The van der Waals surface area contributed by atoms with Gasteiger partial charge in [-0.25, -0.2) is 0 Å². The molecule has 0 atom stereocenters. The molecule has 2 aliphatic rings. The highest BCUT2D eigenvalue weighted by atomic mass is 15.1. The number of benzene rings is 2. The van der Waals surface area contributed by atoms with Crippen molar-refractivity contribution >= 4 is 11.4 Å². The van der Waals surface area contributed by atoms with Crippen LogP contribution in [-0.2, 0) is 0 Å². The third-order valence-electron chi connectivity index (χ3n) is 4.85. The van der Waals surface area contributed by atoms with E-state index in [4.69, 9.17) is 0 Å². The molecule has 2 nitrogen and oxygen atoms in total. The van der Waals surface area contributed by atoms with E-state index in [0.29, 0.717) is 0 Å². The molecule has 2 aromatic carbocycles. The first-order valence-electron chi connectivity index (χ1n) is 8.53. The Morgan fingerprint density at radius 1 is 0.542 bits per heavy atom. The fourth-order valence-electron chi connectivity index (χ4n) is 3.41. The van der Waals surface area contributed by atoms with Crippen LogP contribution in [0.2, 0.25) is 0 Å². The quantitative estimate of drug-likeness (QED) is 0.811. The van der Waals surface area contributed by atoms with Crippen LogP contribution in [0.25, 0.3) is 11.4 Å². The first-order valence-corrected chi connectivity index (χ1v) is 8.53. The van der Waals surface area contributed by atoms with Crippen molar-refractivity contribution in [1.82, 2.24) is 10.6 Å². The minimum atomic E-state index is 1.13. The zero-order valence-corrected chi connectivity index (χ0v) is 14.2. The van der Waals surface area contributed by atoms with Gasteiger partial charge in [0.1, 0.15) is 0 Å². The van der Waals surface area contributed by atoms with Gasteiger partial charge in [0.2, 0.25) is 0 Å². The number of allylic oxidation sites excluding steroid dienone is 2. The van der Waals surface area contributed by atoms with Crippen LogP contribution in [0.1, 0.15) is 37.8 Å². The van der Waals surface area contributed by atoms with Gasteiger partial charge < -0.3 is 10.6 Å². The van der Waals surface area contributed by atoms with E-state index < -0.39 is 0 Å². The molecule has 1 aliphatic heterocycles. The van der Waals surface area contributed by atoms with Gasteiger partial charge in [-0.05, 0) is 37.8 Å². The maximum absolute atomic E-state index is 3.74. The molecule has 4 rings (SSSR count). The Bertz CT molecular complexity index is 782. The van der Waals surface area contributed by atoms with E-state index in [1.807, 2.05) is 0 Å². The summed E-state index contributed by atoms with van der Waals surface area (Å²) in [5.74, 6) is 0. The Morgan fingerprint density at radius 3 is 1.29 bits per heavy atom. The summed E-state index contributed by atoms with van der Waals surface area (Å²) in [6.07, 6.45) is 2.25. The molecule has 1 aliphatic carbocycles. The normalized spacial score (nSPS) is 17.4. The minimum Gasteiger partial charge on any atom is -0.352 e. The highest BCUT2D eigenvalue weighted by Gasteiger charge is 2.26. The second-order valence-electron chi connectivity index (χ2n) is 6.54. The number of hydrogen-bond donors (Lipinski definition) is 2. The van der Waals surface area contributed by atoms with E-state index in [2.05, 4.69) is 85.1 Å². The van der Waals surface area contributed by atoms with E-state index in [-0.39, 0.29) is 0 Å². The van der Waals surface area contributed by atoms with Gasteiger partial charge in [0, 0.05) is 11.1 Å². The lowest BCUT2D eigenvalue weighted by molar-refractivity contribution is 0.791. The van der Waals surface area contributed by atoms with Gasteiger partial charge in [0.05, 0.1) is 22.8 Å². The van der Waals surface area contributed by atoms with E-state index in [9.17, 15) is 0 Å². The first kappa shape index (κ1) is 14.8. The summed E-state index contributed by atoms with van der Waals surface area (Å²) in [5, 5.41) is 7.48. The second kappa shape index (κ2) is 6.04. The predicted molar refractivity (Wildman–Crippen MR) is 101 cm³/mol. The van der Waals surface area contributed by atoms with Crippen LogP contribution < -0.4 is 10.6 Å². The van der Waals surface area contributed by atoms with E-state index in [1.54, 1.807) is 0 Å². The van der Waals surface area contributed by atoms with E-state index in [1.165, 1.54) is 33.7 Å². The van der Waals surface area contributed by atoms with Crippen LogP contribution in [0.5, 0.6) is 0 Å². The van der Waals surface area contributed by atoms with Crippen LogP contribution in [0.3, 0.4) is 0 Å². The van der Waals surface area contributed by atoms with Crippen molar-refractivity contribution in [3.63, 3.8) is 0 Å². The minimum absolute atomic E-state index is 1.13. The van der Waals surface area contributed by atoms with Gasteiger partial charge in [-0.1, -0.05) is 60.7 Å². The summed E-state index contributed by atoms with van der Waals surface area (Å²) in [7, 11) is 0. The molecule has 0 bridgehead atoms. The molecule has 0 unspecified atom stereocenters. The molecular formula is C22H22N2. The summed E-state index contributed by atoms with van der Waals surface area (Å²) in [4.78, 5) is 0. The Kier molecular flexibility index (Phi) is 3.73. The van der Waals surface area contributed by atoms with Crippen molar-refractivity contribution in [2.75, 3.05) is 0 Å². The molecule has 0 spiro atoms. The van der Waals surface area contributed by atoms with Crippen LogP contribution in [0, 0.1) is 0 Å². The number of hydrogen-bond acceptors (Lipinski definition) is 2. The maximum Gasteiger partial charge on any atom is 0.0703 e. The van der Waals surface area contributed by atoms with Gasteiger partial charge in [-0.3, -0.25) is 0 Å². The van der Waals surface area contributed by atoms with Gasteiger partial charge in [-0.2, -0.15) is 0 Å².